The molecule has 0 N–H and O–H groups in total. The quantitative estimate of drug-likeness (QED) is 0.842. The van der Waals surface area contributed by atoms with Crippen molar-refractivity contribution >= 4 is 5.78 Å². The van der Waals surface area contributed by atoms with Gasteiger partial charge in [0.2, 0.25) is 0 Å². The summed E-state index contributed by atoms with van der Waals surface area (Å²) in [5.74, 6) is -0.0204. The molecule has 0 amide bonds. The third-order valence-corrected chi connectivity index (χ3v) is 2.86. The number of aromatic nitrogens is 2. The second-order valence-electron chi connectivity index (χ2n) is 4.60. The molecular weight excluding hydrogens is 262 g/mol. The highest BCUT2D eigenvalue weighted by molar-refractivity contribution is 5.82. The van der Waals surface area contributed by atoms with Gasteiger partial charge in [-0.15, -0.1) is 0 Å². The first kappa shape index (κ1) is 14.2. The monoisotopic (exact) mass is 276 g/mol. The van der Waals surface area contributed by atoms with Crippen LogP contribution < -0.4 is 0 Å². The van der Waals surface area contributed by atoms with Gasteiger partial charge in [-0.3, -0.25) is 4.79 Å². The number of rotatable bonds is 5. The third-order valence-electron chi connectivity index (χ3n) is 2.86. The summed E-state index contributed by atoms with van der Waals surface area (Å²) in [6.07, 6.45) is -2.08. The summed E-state index contributed by atoms with van der Waals surface area (Å²) in [6, 6.07) is 9.37. The van der Waals surface area contributed by atoms with Crippen LogP contribution in [-0.2, 0) is 17.6 Å². The van der Waals surface area contributed by atoms with Gasteiger partial charge < -0.3 is 0 Å². The van der Waals surface area contributed by atoms with Gasteiger partial charge in [-0.25, -0.2) is 8.78 Å². The van der Waals surface area contributed by atoms with Crippen LogP contribution >= 0.6 is 0 Å². The van der Waals surface area contributed by atoms with Crippen molar-refractivity contribution in [3.63, 3.8) is 0 Å². The van der Waals surface area contributed by atoms with Gasteiger partial charge in [0.15, 0.2) is 0 Å². The first-order valence-corrected chi connectivity index (χ1v) is 6.22. The van der Waals surface area contributed by atoms with E-state index in [2.05, 4.69) is 10.2 Å². The number of halogens is 2. The summed E-state index contributed by atoms with van der Waals surface area (Å²) < 4.78 is 24.8. The molecule has 0 saturated carbocycles. The van der Waals surface area contributed by atoms with E-state index < -0.39 is 6.43 Å². The highest BCUT2D eigenvalue weighted by Crippen LogP contribution is 2.19. The number of aryl methyl sites for hydroxylation is 1. The van der Waals surface area contributed by atoms with Crippen LogP contribution in [0.15, 0.2) is 36.4 Å². The van der Waals surface area contributed by atoms with Gasteiger partial charge in [0.25, 0.3) is 6.43 Å². The van der Waals surface area contributed by atoms with E-state index >= 15 is 0 Å². The minimum atomic E-state index is -2.48. The zero-order valence-electron chi connectivity index (χ0n) is 11.0. The molecule has 0 saturated heterocycles. The van der Waals surface area contributed by atoms with Crippen molar-refractivity contribution in [1.29, 1.82) is 0 Å². The van der Waals surface area contributed by atoms with E-state index in [1.165, 1.54) is 12.1 Å². The minimum Gasteiger partial charge on any atom is -0.299 e. The molecule has 0 radical (unpaired) electrons. The lowest BCUT2D eigenvalue weighted by Crippen LogP contribution is -2.08. The molecule has 0 fully saturated rings. The van der Waals surface area contributed by atoms with Gasteiger partial charge in [-0.05, 0) is 24.6 Å². The van der Waals surface area contributed by atoms with Crippen molar-refractivity contribution in [3.8, 4) is 0 Å². The number of alkyl halides is 2. The summed E-state index contributed by atoms with van der Waals surface area (Å²) in [4.78, 5) is 11.9. The Morgan fingerprint density at radius 3 is 2.30 bits per heavy atom. The Bertz CT molecular complexity index is 580. The van der Waals surface area contributed by atoms with Gasteiger partial charge in [-0.2, -0.15) is 10.2 Å². The fraction of sp³-hybridized carbons (Fsp3) is 0.267. The van der Waals surface area contributed by atoms with E-state index in [9.17, 15) is 13.6 Å². The van der Waals surface area contributed by atoms with Crippen LogP contribution in [0.25, 0.3) is 0 Å². The Morgan fingerprint density at radius 2 is 1.75 bits per heavy atom. The van der Waals surface area contributed by atoms with Gasteiger partial charge in [0.1, 0.15) is 5.78 Å². The predicted octanol–water partition coefficient (Wildman–Crippen LogP) is 3.08. The van der Waals surface area contributed by atoms with Crippen molar-refractivity contribution in [3.05, 3.63) is 58.9 Å². The summed E-state index contributed by atoms with van der Waals surface area (Å²) in [5, 5.41) is 7.81. The molecule has 0 aliphatic carbocycles. The van der Waals surface area contributed by atoms with E-state index in [-0.39, 0.29) is 24.2 Å². The van der Waals surface area contributed by atoms with Crippen molar-refractivity contribution in [2.75, 3.05) is 0 Å². The number of hydrogen-bond acceptors (Lipinski definition) is 3. The van der Waals surface area contributed by atoms with Crippen molar-refractivity contribution < 1.29 is 13.6 Å². The normalized spacial score (nSPS) is 10.8. The molecule has 1 heterocycles. The van der Waals surface area contributed by atoms with E-state index in [0.29, 0.717) is 5.69 Å². The van der Waals surface area contributed by atoms with Crippen LogP contribution in [-0.4, -0.2) is 16.0 Å². The van der Waals surface area contributed by atoms with Crippen LogP contribution in [0.1, 0.15) is 28.9 Å². The van der Waals surface area contributed by atoms with Crippen LogP contribution in [0.4, 0.5) is 8.78 Å². The number of carbonyl (C=O) groups excluding carboxylic acids is 1. The molecule has 0 unspecified atom stereocenters. The van der Waals surface area contributed by atoms with Gasteiger partial charge in [0, 0.05) is 12.0 Å². The van der Waals surface area contributed by atoms with Crippen LogP contribution in [0, 0.1) is 6.92 Å². The summed E-state index contributed by atoms with van der Waals surface area (Å²) >= 11 is 0. The second kappa shape index (κ2) is 6.32. The highest BCUT2D eigenvalue weighted by atomic mass is 19.3. The van der Waals surface area contributed by atoms with Crippen molar-refractivity contribution in [2.45, 2.75) is 26.2 Å². The average Bonchev–Trinajstić information content (AvgIpc) is 2.42. The molecular formula is C15H14F2N2O. The molecule has 2 rings (SSSR count). The lowest BCUT2D eigenvalue weighted by Gasteiger charge is -2.03. The van der Waals surface area contributed by atoms with E-state index in [0.717, 1.165) is 11.3 Å². The third kappa shape index (κ3) is 3.91. The second-order valence-corrected chi connectivity index (χ2v) is 4.60. The fourth-order valence-corrected chi connectivity index (χ4v) is 1.79. The molecule has 1 aromatic carbocycles. The predicted molar refractivity (Wildman–Crippen MR) is 70.6 cm³/mol. The molecule has 0 aliphatic rings. The maximum absolute atomic E-state index is 12.4. The molecule has 0 atom stereocenters. The Kier molecular flexibility index (Phi) is 4.50. The Morgan fingerprint density at radius 1 is 1.05 bits per heavy atom. The maximum Gasteiger partial charge on any atom is 0.263 e. The molecule has 3 nitrogen and oxygen atoms in total. The number of ketones is 1. The largest absolute Gasteiger partial charge is 0.299 e. The first-order chi connectivity index (χ1) is 9.54. The SMILES string of the molecule is Cc1ccc(CC(=O)Cc2ccc(C(F)F)cc2)nn1. The van der Waals surface area contributed by atoms with E-state index in [1.807, 2.05) is 6.92 Å². The minimum absolute atomic E-state index is 0.0204. The Hall–Kier alpha value is -2.17. The van der Waals surface area contributed by atoms with E-state index in [4.69, 9.17) is 0 Å². The Labute approximate surface area is 115 Å². The fourth-order valence-electron chi connectivity index (χ4n) is 1.79. The number of Topliss-reactive ketones (excluding diaryl/α,β-unsaturated/α-hetero) is 1. The maximum atomic E-state index is 12.4. The van der Waals surface area contributed by atoms with Gasteiger partial charge >= 0.3 is 0 Å². The van der Waals surface area contributed by atoms with Crippen molar-refractivity contribution in [2.24, 2.45) is 0 Å². The standard InChI is InChI=1S/C15H14F2N2O/c1-10-2-7-13(19-18-10)9-14(20)8-11-3-5-12(6-4-11)15(16)17/h2-7,15H,8-9H2,1H3. The molecule has 0 bridgehead atoms. The Balaban J connectivity index is 1.95. The summed E-state index contributed by atoms with van der Waals surface area (Å²) in [5.41, 5.74) is 2.10. The highest BCUT2D eigenvalue weighted by Gasteiger charge is 2.09. The van der Waals surface area contributed by atoms with Crippen LogP contribution in [0.5, 0.6) is 0 Å². The number of nitrogens with zero attached hydrogens (tertiary/aromatic N) is 2. The van der Waals surface area contributed by atoms with Gasteiger partial charge in [0.05, 0.1) is 17.8 Å². The summed E-state index contributed by atoms with van der Waals surface area (Å²) in [7, 11) is 0. The molecule has 0 aliphatic heterocycles. The summed E-state index contributed by atoms with van der Waals surface area (Å²) in [6.45, 7) is 1.82. The number of hydrogen-bond donors (Lipinski definition) is 0. The van der Waals surface area contributed by atoms with Crippen molar-refractivity contribution in [1.82, 2.24) is 10.2 Å². The van der Waals surface area contributed by atoms with E-state index in [1.54, 1.807) is 24.3 Å². The lowest BCUT2D eigenvalue weighted by atomic mass is 10.0. The number of carbonyl (C=O) groups is 1. The van der Waals surface area contributed by atoms with Crippen LogP contribution in [0.3, 0.4) is 0 Å². The molecule has 2 aromatic rings. The first-order valence-electron chi connectivity index (χ1n) is 6.22. The smallest absolute Gasteiger partial charge is 0.263 e. The zero-order chi connectivity index (χ0) is 14.5. The molecule has 104 valence electrons. The average molecular weight is 276 g/mol. The molecule has 5 heteroatoms. The molecule has 0 spiro atoms. The molecule has 1 aromatic heterocycles. The van der Waals surface area contributed by atoms with Gasteiger partial charge in [-0.1, -0.05) is 24.3 Å². The van der Waals surface area contributed by atoms with Crippen LogP contribution in [0.2, 0.25) is 0 Å². The zero-order valence-corrected chi connectivity index (χ0v) is 11.0. The lowest BCUT2D eigenvalue weighted by molar-refractivity contribution is -0.117. The topological polar surface area (TPSA) is 42.9 Å². The molecule has 20 heavy (non-hydrogen) atoms. The number of benzene rings is 1.